The number of hydrogen-bond donors (Lipinski definition) is 0. The Hall–Kier alpha value is -0.410. The van der Waals surface area contributed by atoms with Crippen LogP contribution in [0.2, 0.25) is 0 Å². The van der Waals surface area contributed by atoms with Crippen molar-refractivity contribution in [1.29, 1.82) is 0 Å². The van der Waals surface area contributed by atoms with E-state index < -0.39 is 0 Å². The Morgan fingerprint density at radius 1 is 1.57 bits per heavy atom. The molecule has 3 nitrogen and oxygen atoms in total. The number of ketones is 1. The van der Waals surface area contributed by atoms with Crippen LogP contribution in [-0.2, 0) is 9.53 Å². The van der Waals surface area contributed by atoms with Gasteiger partial charge >= 0.3 is 0 Å². The zero-order valence-corrected chi connectivity index (χ0v) is 9.29. The van der Waals surface area contributed by atoms with Gasteiger partial charge < -0.3 is 9.53 Å². The van der Waals surface area contributed by atoms with E-state index in [4.69, 9.17) is 4.74 Å². The highest BCUT2D eigenvalue weighted by Crippen LogP contribution is 2.11. The minimum absolute atomic E-state index is 0.298. The van der Waals surface area contributed by atoms with Gasteiger partial charge in [0.25, 0.3) is 0 Å². The molecule has 14 heavy (non-hydrogen) atoms. The number of rotatable bonds is 5. The van der Waals surface area contributed by atoms with Gasteiger partial charge in [-0.1, -0.05) is 6.92 Å². The monoisotopic (exact) mass is 199 g/mol. The second kappa shape index (κ2) is 6.14. The van der Waals surface area contributed by atoms with Crippen LogP contribution < -0.4 is 0 Å². The molecule has 0 N–H and O–H groups in total. The topological polar surface area (TPSA) is 29.5 Å². The van der Waals surface area contributed by atoms with E-state index in [9.17, 15) is 4.79 Å². The summed E-state index contributed by atoms with van der Waals surface area (Å²) in [4.78, 5) is 13.2. The van der Waals surface area contributed by atoms with Crippen LogP contribution >= 0.6 is 0 Å². The minimum atomic E-state index is 0.298. The van der Waals surface area contributed by atoms with Gasteiger partial charge in [-0.15, -0.1) is 0 Å². The van der Waals surface area contributed by atoms with Crippen molar-refractivity contribution in [2.45, 2.75) is 39.2 Å². The van der Waals surface area contributed by atoms with E-state index in [1.54, 1.807) is 6.92 Å². The van der Waals surface area contributed by atoms with Crippen molar-refractivity contribution in [1.82, 2.24) is 4.90 Å². The zero-order chi connectivity index (χ0) is 10.4. The smallest absolute Gasteiger partial charge is 0.129 e. The quantitative estimate of drug-likeness (QED) is 0.671. The average Bonchev–Trinajstić information content (AvgIpc) is 2.18. The lowest BCUT2D eigenvalue weighted by atomic mass is 10.1. The summed E-state index contributed by atoms with van der Waals surface area (Å²) in [5, 5.41) is 0. The Balaban J connectivity index is 2.22. The molecule has 0 radical (unpaired) electrons. The molecular formula is C11H21NO2. The molecule has 1 saturated heterocycles. The second-order valence-electron chi connectivity index (χ2n) is 3.98. The molecule has 0 aromatic heterocycles. The summed E-state index contributed by atoms with van der Waals surface area (Å²) in [5.41, 5.74) is 0. The number of hydrogen-bond acceptors (Lipinski definition) is 3. The van der Waals surface area contributed by atoms with Crippen molar-refractivity contribution in [2.24, 2.45) is 0 Å². The molecule has 1 aliphatic rings. The molecule has 0 aliphatic carbocycles. The summed E-state index contributed by atoms with van der Waals surface area (Å²) in [6.07, 6.45) is 2.85. The molecule has 0 amide bonds. The molecule has 0 bridgehead atoms. The molecule has 1 rings (SSSR count). The molecule has 1 heterocycles. The summed E-state index contributed by atoms with van der Waals surface area (Å²) in [7, 11) is 0. The standard InChI is InChI=1S/C11H21NO2/c1-3-11-9-14-8-7-12(11)6-4-5-10(2)13/h11H,3-9H2,1-2H3. The molecule has 3 heteroatoms. The Morgan fingerprint density at radius 2 is 2.36 bits per heavy atom. The lowest BCUT2D eigenvalue weighted by molar-refractivity contribution is -0.117. The Morgan fingerprint density at radius 3 is 3.00 bits per heavy atom. The first-order valence-corrected chi connectivity index (χ1v) is 5.55. The maximum Gasteiger partial charge on any atom is 0.129 e. The van der Waals surface area contributed by atoms with Crippen molar-refractivity contribution >= 4 is 5.78 Å². The van der Waals surface area contributed by atoms with Crippen LogP contribution in [0.15, 0.2) is 0 Å². The van der Waals surface area contributed by atoms with E-state index in [2.05, 4.69) is 11.8 Å². The minimum Gasteiger partial charge on any atom is -0.378 e. The summed E-state index contributed by atoms with van der Waals surface area (Å²) in [5.74, 6) is 0.298. The van der Waals surface area contributed by atoms with Gasteiger partial charge in [0, 0.05) is 19.0 Å². The fraction of sp³-hybridized carbons (Fsp3) is 0.909. The van der Waals surface area contributed by atoms with E-state index in [1.807, 2.05) is 0 Å². The highest BCUT2D eigenvalue weighted by molar-refractivity contribution is 5.75. The molecule has 0 spiro atoms. The van der Waals surface area contributed by atoms with Gasteiger partial charge in [0.05, 0.1) is 13.2 Å². The number of carbonyl (C=O) groups is 1. The van der Waals surface area contributed by atoms with E-state index >= 15 is 0 Å². The second-order valence-corrected chi connectivity index (χ2v) is 3.98. The number of ether oxygens (including phenoxy) is 1. The van der Waals surface area contributed by atoms with Crippen LogP contribution in [0.5, 0.6) is 0 Å². The lowest BCUT2D eigenvalue weighted by Gasteiger charge is -2.34. The van der Waals surface area contributed by atoms with E-state index in [0.717, 1.165) is 39.1 Å². The van der Waals surface area contributed by atoms with Gasteiger partial charge in [-0.05, 0) is 26.3 Å². The number of Topliss-reactive ketones (excluding diaryl/α,β-unsaturated/α-hetero) is 1. The van der Waals surface area contributed by atoms with Crippen molar-refractivity contribution in [2.75, 3.05) is 26.3 Å². The molecule has 1 unspecified atom stereocenters. The molecule has 1 aliphatic heterocycles. The largest absolute Gasteiger partial charge is 0.378 e. The van der Waals surface area contributed by atoms with Crippen LogP contribution in [-0.4, -0.2) is 43.0 Å². The molecule has 0 aromatic rings. The third-order valence-corrected chi connectivity index (χ3v) is 2.79. The van der Waals surface area contributed by atoms with Gasteiger partial charge in [0.15, 0.2) is 0 Å². The predicted molar refractivity (Wildman–Crippen MR) is 56.4 cm³/mol. The summed E-state index contributed by atoms with van der Waals surface area (Å²) < 4.78 is 5.42. The predicted octanol–water partition coefficient (Wildman–Crippen LogP) is 1.47. The lowest BCUT2D eigenvalue weighted by Crippen LogP contribution is -2.45. The van der Waals surface area contributed by atoms with Crippen molar-refractivity contribution < 1.29 is 9.53 Å². The van der Waals surface area contributed by atoms with Gasteiger partial charge in [-0.2, -0.15) is 0 Å². The summed E-state index contributed by atoms with van der Waals surface area (Å²) in [6.45, 7) is 7.62. The highest BCUT2D eigenvalue weighted by atomic mass is 16.5. The third kappa shape index (κ3) is 3.76. The summed E-state index contributed by atoms with van der Waals surface area (Å²) >= 11 is 0. The van der Waals surface area contributed by atoms with Gasteiger partial charge in [-0.25, -0.2) is 0 Å². The van der Waals surface area contributed by atoms with Crippen molar-refractivity contribution in [3.63, 3.8) is 0 Å². The van der Waals surface area contributed by atoms with Crippen LogP contribution in [0.1, 0.15) is 33.1 Å². The maximum atomic E-state index is 10.8. The fourth-order valence-corrected chi connectivity index (χ4v) is 1.89. The average molecular weight is 199 g/mol. The number of morpholine rings is 1. The molecule has 1 atom stereocenters. The fourth-order valence-electron chi connectivity index (χ4n) is 1.89. The van der Waals surface area contributed by atoms with Gasteiger partial charge in [0.1, 0.15) is 5.78 Å². The first-order chi connectivity index (χ1) is 6.74. The first kappa shape index (κ1) is 11.7. The summed E-state index contributed by atoms with van der Waals surface area (Å²) in [6, 6.07) is 0.565. The normalized spacial score (nSPS) is 23.7. The first-order valence-electron chi connectivity index (χ1n) is 5.55. The van der Waals surface area contributed by atoms with Gasteiger partial charge in [-0.3, -0.25) is 4.90 Å². The van der Waals surface area contributed by atoms with Crippen molar-refractivity contribution in [3.05, 3.63) is 0 Å². The molecule has 1 fully saturated rings. The van der Waals surface area contributed by atoms with Crippen LogP contribution in [0.3, 0.4) is 0 Å². The van der Waals surface area contributed by atoms with Crippen LogP contribution in [0.4, 0.5) is 0 Å². The molecule has 0 aromatic carbocycles. The van der Waals surface area contributed by atoms with Gasteiger partial charge in [0.2, 0.25) is 0 Å². The zero-order valence-electron chi connectivity index (χ0n) is 9.29. The Labute approximate surface area is 86.4 Å². The molecule has 0 saturated carbocycles. The van der Waals surface area contributed by atoms with E-state index in [0.29, 0.717) is 18.2 Å². The molecule has 82 valence electrons. The van der Waals surface area contributed by atoms with Crippen LogP contribution in [0.25, 0.3) is 0 Å². The van der Waals surface area contributed by atoms with Crippen molar-refractivity contribution in [3.8, 4) is 0 Å². The highest BCUT2D eigenvalue weighted by Gasteiger charge is 2.20. The van der Waals surface area contributed by atoms with E-state index in [1.165, 1.54) is 0 Å². The van der Waals surface area contributed by atoms with E-state index in [-0.39, 0.29) is 0 Å². The SMILES string of the molecule is CCC1COCCN1CCCC(C)=O. The molecular weight excluding hydrogens is 178 g/mol. The Kier molecular flexibility index (Phi) is 5.12. The number of carbonyl (C=O) groups excluding carboxylic acids is 1. The number of nitrogens with zero attached hydrogens (tertiary/aromatic N) is 1. The maximum absolute atomic E-state index is 10.8. The Bertz CT molecular complexity index is 182. The third-order valence-electron chi connectivity index (χ3n) is 2.79. The van der Waals surface area contributed by atoms with Crippen LogP contribution in [0, 0.1) is 0 Å².